The Morgan fingerprint density at radius 3 is 2.95 bits per heavy atom. The van der Waals surface area contributed by atoms with Crippen LogP contribution in [0.1, 0.15) is 34.9 Å². The first kappa shape index (κ1) is 14.4. The van der Waals surface area contributed by atoms with Crippen LogP contribution in [0.15, 0.2) is 12.1 Å². The minimum atomic E-state index is -0.411. The highest BCUT2D eigenvalue weighted by Gasteiger charge is 2.25. The first-order chi connectivity index (χ1) is 10.7. The van der Waals surface area contributed by atoms with E-state index in [1.165, 1.54) is 18.9 Å². The van der Waals surface area contributed by atoms with E-state index in [-0.39, 0.29) is 17.5 Å². The lowest BCUT2D eigenvalue weighted by molar-refractivity contribution is 0.0953. The SMILES string of the molecule is C#CCNC(=O)c1cc(Nc2cc(C3CC3)[nH]n2)nc(Cl)n1. The molecule has 1 amide bonds. The number of halogens is 1. The molecular weight excluding hydrogens is 304 g/mol. The van der Waals surface area contributed by atoms with Gasteiger partial charge in [0.25, 0.3) is 5.91 Å². The van der Waals surface area contributed by atoms with Gasteiger partial charge >= 0.3 is 0 Å². The van der Waals surface area contributed by atoms with Crippen LogP contribution < -0.4 is 10.6 Å². The Kier molecular flexibility index (Phi) is 3.94. The first-order valence-electron chi connectivity index (χ1n) is 6.74. The highest BCUT2D eigenvalue weighted by molar-refractivity contribution is 6.28. The van der Waals surface area contributed by atoms with E-state index in [4.69, 9.17) is 18.0 Å². The number of H-pyrrole nitrogens is 1. The lowest BCUT2D eigenvalue weighted by atomic mass is 10.3. The molecule has 7 nitrogen and oxygen atoms in total. The molecule has 0 atom stereocenters. The highest BCUT2D eigenvalue weighted by atomic mass is 35.5. The molecule has 1 fully saturated rings. The van der Waals surface area contributed by atoms with Crippen molar-refractivity contribution in [3.05, 3.63) is 28.8 Å². The van der Waals surface area contributed by atoms with Gasteiger partial charge in [-0.15, -0.1) is 6.42 Å². The maximum absolute atomic E-state index is 11.9. The van der Waals surface area contributed by atoms with Crippen molar-refractivity contribution in [2.45, 2.75) is 18.8 Å². The van der Waals surface area contributed by atoms with Crippen molar-refractivity contribution < 1.29 is 4.79 Å². The molecule has 1 aliphatic rings. The number of aromatic amines is 1. The highest BCUT2D eigenvalue weighted by Crippen LogP contribution is 2.39. The molecule has 0 spiro atoms. The molecule has 1 aliphatic carbocycles. The summed E-state index contributed by atoms with van der Waals surface area (Å²) in [5.74, 6) is 3.48. The summed E-state index contributed by atoms with van der Waals surface area (Å²) in [6.07, 6.45) is 7.46. The quantitative estimate of drug-likeness (QED) is 0.578. The van der Waals surface area contributed by atoms with Crippen LogP contribution in [0, 0.1) is 12.3 Å². The summed E-state index contributed by atoms with van der Waals surface area (Å²) < 4.78 is 0. The third-order valence-corrected chi connectivity index (χ3v) is 3.32. The van der Waals surface area contributed by atoms with Crippen LogP contribution in [0.4, 0.5) is 11.6 Å². The second-order valence-corrected chi connectivity index (χ2v) is 5.24. The van der Waals surface area contributed by atoms with Crippen molar-refractivity contribution in [3.8, 4) is 12.3 Å². The van der Waals surface area contributed by atoms with Crippen LogP contribution in [-0.2, 0) is 0 Å². The Morgan fingerprint density at radius 1 is 1.41 bits per heavy atom. The zero-order chi connectivity index (χ0) is 15.5. The fourth-order valence-electron chi connectivity index (χ4n) is 1.96. The smallest absolute Gasteiger partial charge is 0.270 e. The van der Waals surface area contributed by atoms with Crippen LogP contribution in [-0.4, -0.2) is 32.6 Å². The predicted molar refractivity (Wildman–Crippen MR) is 82.1 cm³/mol. The van der Waals surface area contributed by atoms with Gasteiger partial charge in [-0.2, -0.15) is 5.10 Å². The van der Waals surface area contributed by atoms with E-state index in [9.17, 15) is 4.79 Å². The molecular formula is C14H13ClN6O. The standard InChI is InChI=1S/C14H13ClN6O/c1-2-5-16-13(22)10-7-11(19-14(15)17-10)18-12-6-9(20-21-12)8-3-4-8/h1,6-8H,3-5H2,(H,16,22)(H2,17,18,19,20,21). The normalized spacial score (nSPS) is 13.5. The van der Waals surface area contributed by atoms with Crippen LogP contribution in [0.2, 0.25) is 5.28 Å². The van der Waals surface area contributed by atoms with Crippen LogP contribution in [0.25, 0.3) is 0 Å². The van der Waals surface area contributed by atoms with Crippen LogP contribution in [0.3, 0.4) is 0 Å². The minimum Gasteiger partial charge on any atom is -0.340 e. The van der Waals surface area contributed by atoms with Gasteiger partial charge in [0.2, 0.25) is 5.28 Å². The maximum atomic E-state index is 11.9. The lowest BCUT2D eigenvalue weighted by Gasteiger charge is -2.05. The van der Waals surface area contributed by atoms with Gasteiger partial charge in [0.05, 0.1) is 6.54 Å². The molecule has 0 saturated heterocycles. The summed E-state index contributed by atoms with van der Waals surface area (Å²) in [4.78, 5) is 19.8. The number of rotatable bonds is 5. The van der Waals surface area contributed by atoms with E-state index in [0.717, 1.165) is 5.69 Å². The van der Waals surface area contributed by atoms with E-state index in [1.54, 1.807) is 0 Å². The van der Waals surface area contributed by atoms with Crippen molar-refractivity contribution in [1.29, 1.82) is 0 Å². The number of aromatic nitrogens is 4. The van der Waals surface area contributed by atoms with Crippen LogP contribution >= 0.6 is 11.6 Å². The Hall–Kier alpha value is -2.59. The summed E-state index contributed by atoms with van der Waals surface area (Å²) in [7, 11) is 0. The van der Waals surface area contributed by atoms with E-state index < -0.39 is 5.91 Å². The number of nitrogens with zero attached hydrogens (tertiary/aromatic N) is 3. The second-order valence-electron chi connectivity index (χ2n) is 4.90. The van der Waals surface area contributed by atoms with Crippen molar-refractivity contribution in [2.75, 3.05) is 11.9 Å². The fraction of sp³-hybridized carbons (Fsp3) is 0.286. The van der Waals surface area contributed by atoms with Crippen molar-refractivity contribution in [3.63, 3.8) is 0 Å². The van der Waals surface area contributed by atoms with E-state index in [2.05, 4.69) is 36.7 Å². The number of carbonyl (C=O) groups is 1. The molecule has 8 heteroatoms. The summed E-state index contributed by atoms with van der Waals surface area (Å²) >= 11 is 5.85. The second kappa shape index (κ2) is 6.03. The van der Waals surface area contributed by atoms with Gasteiger partial charge < -0.3 is 10.6 Å². The number of carbonyl (C=O) groups excluding carboxylic acids is 1. The number of terminal acetylenes is 1. The van der Waals surface area contributed by atoms with E-state index >= 15 is 0 Å². The van der Waals surface area contributed by atoms with Gasteiger partial charge in [-0.25, -0.2) is 9.97 Å². The third kappa shape index (κ3) is 3.35. The Labute approximate surface area is 131 Å². The predicted octanol–water partition coefficient (Wildman–Crippen LogP) is 1.84. The molecule has 1 saturated carbocycles. The van der Waals surface area contributed by atoms with Crippen LogP contribution in [0.5, 0.6) is 0 Å². The molecule has 3 N–H and O–H groups in total. The van der Waals surface area contributed by atoms with Gasteiger partial charge in [0.1, 0.15) is 11.5 Å². The lowest BCUT2D eigenvalue weighted by Crippen LogP contribution is -2.24. The average Bonchev–Trinajstić information content (AvgIpc) is 3.25. The molecule has 0 aliphatic heterocycles. The van der Waals surface area contributed by atoms with E-state index in [1.807, 2.05) is 6.07 Å². The maximum Gasteiger partial charge on any atom is 0.270 e. The molecule has 3 rings (SSSR count). The Bertz CT molecular complexity index is 746. The largest absolute Gasteiger partial charge is 0.340 e. The molecule has 2 heterocycles. The van der Waals surface area contributed by atoms with E-state index in [0.29, 0.717) is 17.6 Å². The van der Waals surface area contributed by atoms with Gasteiger partial charge in [0, 0.05) is 23.7 Å². The zero-order valence-corrected chi connectivity index (χ0v) is 12.3. The Balaban J connectivity index is 1.76. The zero-order valence-electron chi connectivity index (χ0n) is 11.6. The molecule has 2 aromatic rings. The molecule has 112 valence electrons. The Morgan fingerprint density at radius 2 is 2.23 bits per heavy atom. The summed E-state index contributed by atoms with van der Waals surface area (Å²) in [5.41, 5.74) is 1.23. The van der Waals surface area contributed by atoms with Gasteiger partial charge in [-0.05, 0) is 24.4 Å². The third-order valence-electron chi connectivity index (χ3n) is 3.15. The monoisotopic (exact) mass is 316 g/mol. The summed E-state index contributed by atoms with van der Waals surface area (Å²) in [6.45, 7) is 0.118. The minimum absolute atomic E-state index is 0.0335. The average molecular weight is 317 g/mol. The van der Waals surface area contributed by atoms with Crippen molar-refractivity contribution in [2.24, 2.45) is 0 Å². The number of hydrogen-bond donors (Lipinski definition) is 3. The van der Waals surface area contributed by atoms with Gasteiger partial charge in [-0.3, -0.25) is 9.89 Å². The fourth-order valence-corrected chi connectivity index (χ4v) is 2.14. The van der Waals surface area contributed by atoms with Gasteiger partial charge in [0.15, 0.2) is 5.82 Å². The topological polar surface area (TPSA) is 95.6 Å². The number of anilines is 2. The molecule has 0 bridgehead atoms. The van der Waals surface area contributed by atoms with Crippen molar-refractivity contribution >= 4 is 29.1 Å². The summed E-state index contributed by atoms with van der Waals surface area (Å²) in [5, 5.41) is 12.6. The molecule has 22 heavy (non-hydrogen) atoms. The number of amides is 1. The summed E-state index contributed by atoms with van der Waals surface area (Å²) in [6, 6.07) is 3.41. The van der Waals surface area contributed by atoms with Crippen molar-refractivity contribution in [1.82, 2.24) is 25.5 Å². The molecule has 0 radical (unpaired) electrons. The molecule has 0 unspecified atom stereocenters. The first-order valence-corrected chi connectivity index (χ1v) is 7.12. The number of nitrogens with one attached hydrogen (secondary N) is 3. The molecule has 0 aromatic carbocycles. The number of hydrogen-bond acceptors (Lipinski definition) is 5. The molecule has 2 aromatic heterocycles. The van der Waals surface area contributed by atoms with Gasteiger partial charge in [-0.1, -0.05) is 5.92 Å².